The average Bonchev–Trinajstić information content (AvgIpc) is 2.67. The summed E-state index contributed by atoms with van der Waals surface area (Å²) in [6.45, 7) is 3.66. The number of hydrogen-bond donors (Lipinski definition) is 1. The van der Waals surface area contributed by atoms with Crippen LogP contribution in [0.25, 0.3) is 0 Å². The molecule has 2 fully saturated rings. The predicted molar refractivity (Wildman–Crippen MR) is 96.8 cm³/mol. The van der Waals surface area contributed by atoms with Crippen LogP contribution in [0.3, 0.4) is 0 Å². The number of benzene rings is 1. The predicted octanol–water partition coefficient (Wildman–Crippen LogP) is 1.49. The van der Waals surface area contributed by atoms with Crippen molar-refractivity contribution in [3.63, 3.8) is 0 Å². The van der Waals surface area contributed by atoms with Gasteiger partial charge in [0.2, 0.25) is 0 Å². The second-order valence-corrected chi connectivity index (χ2v) is 7.12. The summed E-state index contributed by atoms with van der Waals surface area (Å²) in [6.07, 6.45) is 1.53. The van der Waals surface area contributed by atoms with Crippen molar-refractivity contribution in [3.8, 4) is 0 Å². The smallest absolute Gasteiger partial charge is 0.410 e. The number of likely N-dealkylation sites (tertiary alicyclic amines) is 1. The molecule has 0 spiro atoms. The lowest BCUT2D eigenvalue weighted by Gasteiger charge is -2.44. The summed E-state index contributed by atoms with van der Waals surface area (Å²) in [5.41, 5.74) is 0.887. The Hall–Kier alpha value is -2.12. The molecule has 0 aromatic heterocycles. The maximum atomic E-state index is 12.4. The van der Waals surface area contributed by atoms with Crippen LogP contribution < -0.4 is 0 Å². The van der Waals surface area contributed by atoms with E-state index in [9.17, 15) is 14.7 Å². The number of nitrogens with zero attached hydrogens (tertiary/aromatic N) is 3. The quantitative estimate of drug-likeness (QED) is 0.876. The fourth-order valence-electron chi connectivity index (χ4n) is 3.73. The molecule has 0 aliphatic carbocycles. The highest BCUT2D eigenvalue weighted by molar-refractivity contribution is 5.80. The van der Waals surface area contributed by atoms with Gasteiger partial charge in [-0.1, -0.05) is 30.3 Å². The standard InChI is InChI=1S/C19H27N3O4/c1-20-9-7-16(8-10-20)21-11-12-22(17(13-21)18(23)24)19(25)26-14-15-5-3-2-4-6-15/h2-6,16-17H,7-14H2,1H3,(H,23,24)/t17-/m0/s1. The first kappa shape index (κ1) is 18.7. The van der Waals surface area contributed by atoms with Gasteiger partial charge in [-0.2, -0.15) is 0 Å². The molecule has 1 amide bonds. The van der Waals surface area contributed by atoms with E-state index >= 15 is 0 Å². The van der Waals surface area contributed by atoms with Gasteiger partial charge in [0.25, 0.3) is 0 Å². The summed E-state index contributed by atoms with van der Waals surface area (Å²) in [5, 5.41) is 9.62. The molecule has 1 atom stereocenters. The zero-order valence-corrected chi connectivity index (χ0v) is 15.2. The van der Waals surface area contributed by atoms with E-state index in [-0.39, 0.29) is 6.61 Å². The van der Waals surface area contributed by atoms with E-state index in [0.29, 0.717) is 25.7 Å². The molecule has 3 rings (SSSR count). The lowest BCUT2D eigenvalue weighted by atomic mass is 10.0. The van der Waals surface area contributed by atoms with Crippen LogP contribution in [0.15, 0.2) is 30.3 Å². The molecule has 0 bridgehead atoms. The van der Waals surface area contributed by atoms with Gasteiger partial charge in [-0.05, 0) is 38.5 Å². The minimum absolute atomic E-state index is 0.154. The molecule has 7 heteroatoms. The minimum atomic E-state index is -0.973. The maximum absolute atomic E-state index is 12.4. The van der Waals surface area contributed by atoms with Gasteiger partial charge in [-0.15, -0.1) is 0 Å². The molecule has 2 saturated heterocycles. The van der Waals surface area contributed by atoms with E-state index in [0.717, 1.165) is 31.5 Å². The fourth-order valence-corrected chi connectivity index (χ4v) is 3.73. The van der Waals surface area contributed by atoms with Crippen molar-refractivity contribution in [3.05, 3.63) is 35.9 Å². The van der Waals surface area contributed by atoms with Crippen LogP contribution in [-0.2, 0) is 16.1 Å². The molecular formula is C19H27N3O4. The Morgan fingerprint density at radius 1 is 1.12 bits per heavy atom. The molecule has 26 heavy (non-hydrogen) atoms. The summed E-state index contributed by atoms with van der Waals surface area (Å²) >= 11 is 0. The molecule has 0 unspecified atom stereocenters. The number of ether oxygens (including phenoxy) is 1. The first-order valence-corrected chi connectivity index (χ1v) is 9.17. The largest absolute Gasteiger partial charge is 0.480 e. The second kappa shape index (κ2) is 8.51. The average molecular weight is 361 g/mol. The molecule has 1 aromatic carbocycles. The number of rotatable bonds is 4. The molecule has 0 saturated carbocycles. The van der Waals surface area contributed by atoms with Gasteiger partial charge < -0.3 is 14.7 Å². The monoisotopic (exact) mass is 361 g/mol. The Morgan fingerprint density at radius 3 is 2.46 bits per heavy atom. The van der Waals surface area contributed by atoms with Gasteiger partial charge in [0.1, 0.15) is 12.6 Å². The highest BCUT2D eigenvalue weighted by Gasteiger charge is 2.38. The zero-order chi connectivity index (χ0) is 18.5. The summed E-state index contributed by atoms with van der Waals surface area (Å²) in [7, 11) is 2.11. The van der Waals surface area contributed by atoms with E-state index in [4.69, 9.17) is 4.74 Å². The lowest BCUT2D eigenvalue weighted by molar-refractivity contribution is -0.145. The number of amides is 1. The molecule has 7 nitrogen and oxygen atoms in total. The van der Waals surface area contributed by atoms with Gasteiger partial charge in [0.15, 0.2) is 0 Å². The van der Waals surface area contributed by atoms with Crippen molar-refractivity contribution in [1.29, 1.82) is 0 Å². The van der Waals surface area contributed by atoms with Gasteiger partial charge in [0, 0.05) is 25.7 Å². The van der Waals surface area contributed by atoms with Gasteiger partial charge >= 0.3 is 12.1 Å². The van der Waals surface area contributed by atoms with Crippen LogP contribution in [-0.4, -0.2) is 83.7 Å². The van der Waals surface area contributed by atoms with Gasteiger partial charge in [0.05, 0.1) is 0 Å². The summed E-state index contributed by atoms with van der Waals surface area (Å²) < 4.78 is 5.34. The van der Waals surface area contributed by atoms with Crippen LogP contribution >= 0.6 is 0 Å². The molecule has 2 heterocycles. The Labute approximate surface area is 154 Å². The third kappa shape index (κ3) is 4.53. The molecule has 2 aliphatic heterocycles. The van der Waals surface area contributed by atoms with Gasteiger partial charge in [-0.3, -0.25) is 9.80 Å². The van der Waals surface area contributed by atoms with Crippen LogP contribution in [0.1, 0.15) is 18.4 Å². The van der Waals surface area contributed by atoms with Crippen molar-refractivity contribution in [2.24, 2.45) is 0 Å². The van der Waals surface area contributed by atoms with Crippen LogP contribution in [0.2, 0.25) is 0 Å². The van der Waals surface area contributed by atoms with Crippen molar-refractivity contribution in [2.75, 3.05) is 39.8 Å². The van der Waals surface area contributed by atoms with E-state index in [1.54, 1.807) is 0 Å². The molecule has 0 radical (unpaired) electrons. The normalized spacial score (nSPS) is 23.0. The first-order valence-electron chi connectivity index (χ1n) is 9.17. The lowest BCUT2D eigenvalue weighted by Crippen LogP contribution is -2.61. The third-order valence-corrected chi connectivity index (χ3v) is 5.34. The van der Waals surface area contributed by atoms with Crippen molar-refractivity contribution in [1.82, 2.24) is 14.7 Å². The van der Waals surface area contributed by atoms with Crippen LogP contribution in [0.5, 0.6) is 0 Å². The topological polar surface area (TPSA) is 73.3 Å². The summed E-state index contributed by atoms with van der Waals surface area (Å²) in [5.74, 6) is -0.973. The van der Waals surface area contributed by atoms with Crippen molar-refractivity contribution >= 4 is 12.1 Å². The Kier molecular flexibility index (Phi) is 6.11. The molecule has 1 aromatic rings. The highest BCUT2D eigenvalue weighted by atomic mass is 16.6. The minimum Gasteiger partial charge on any atom is -0.480 e. The number of carbonyl (C=O) groups is 2. The number of piperidine rings is 1. The number of carboxylic acid groups (broad SMARTS) is 1. The number of carbonyl (C=O) groups excluding carboxylic acids is 1. The third-order valence-electron chi connectivity index (χ3n) is 5.34. The number of carboxylic acids is 1. The van der Waals surface area contributed by atoms with E-state index in [1.807, 2.05) is 30.3 Å². The SMILES string of the molecule is CN1CCC(N2CCN(C(=O)OCc3ccccc3)[C@H](C(=O)O)C2)CC1. The molecule has 1 N–H and O–H groups in total. The van der Waals surface area contributed by atoms with E-state index < -0.39 is 18.1 Å². The van der Waals surface area contributed by atoms with Gasteiger partial charge in [-0.25, -0.2) is 9.59 Å². The number of piperazine rings is 1. The van der Waals surface area contributed by atoms with Crippen LogP contribution in [0.4, 0.5) is 4.79 Å². The molecular weight excluding hydrogens is 334 g/mol. The van der Waals surface area contributed by atoms with Crippen molar-refractivity contribution in [2.45, 2.75) is 31.5 Å². The maximum Gasteiger partial charge on any atom is 0.410 e. The van der Waals surface area contributed by atoms with Crippen molar-refractivity contribution < 1.29 is 19.4 Å². The Morgan fingerprint density at radius 2 is 1.81 bits per heavy atom. The zero-order valence-electron chi connectivity index (χ0n) is 15.2. The van der Waals surface area contributed by atoms with E-state index in [2.05, 4.69) is 16.8 Å². The molecule has 142 valence electrons. The first-order chi connectivity index (χ1) is 12.5. The second-order valence-electron chi connectivity index (χ2n) is 7.12. The number of aliphatic carboxylic acids is 1. The van der Waals surface area contributed by atoms with Crippen LogP contribution in [0, 0.1) is 0 Å². The summed E-state index contributed by atoms with van der Waals surface area (Å²) in [4.78, 5) is 30.0. The Balaban J connectivity index is 1.57. The highest BCUT2D eigenvalue weighted by Crippen LogP contribution is 2.21. The summed E-state index contributed by atoms with van der Waals surface area (Å²) in [6, 6.07) is 8.95. The molecule has 2 aliphatic rings. The number of hydrogen-bond acceptors (Lipinski definition) is 5. The fraction of sp³-hybridized carbons (Fsp3) is 0.579. The Bertz CT molecular complexity index is 616. The van der Waals surface area contributed by atoms with E-state index in [1.165, 1.54) is 4.90 Å².